The van der Waals surface area contributed by atoms with E-state index in [1.165, 1.54) is 4.90 Å². The molecule has 6 nitrogen and oxygen atoms in total. The molecule has 1 fully saturated rings. The topological polar surface area (TPSA) is 75.7 Å². The van der Waals surface area contributed by atoms with Gasteiger partial charge in [-0.25, -0.2) is 0 Å². The number of amides is 3. The fourth-order valence-electron chi connectivity index (χ4n) is 3.15. The number of rotatable bonds is 7. The summed E-state index contributed by atoms with van der Waals surface area (Å²) in [6, 6.07) is 21.3. The first kappa shape index (κ1) is 24.1. The quantitative estimate of drug-likeness (QED) is 0.342. The molecule has 0 aliphatic carbocycles. The maximum atomic E-state index is 12.8. The lowest BCUT2D eigenvalue weighted by Gasteiger charge is -2.12. The van der Waals surface area contributed by atoms with E-state index in [1.54, 1.807) is 54.6 Å². The zero-order valence-electron chi connectivity index (χ0n) is 17.7. The Morgan fingerprint density at radius 3 is 2.59 bits per heavy atom. The molecular weight excluding hydrogens is 540 g/mol. The van der Waals surface area contributed by atoms with E-state index in [0.29, 0.717) is 26.9 Å². The monoisotopic (exact) mass is 556 g/mol. The molecule has 1 aliphatic heterocycles. The summed E-state index contributed by atoms with van der Waals surface area (Å²) in [7, 11) is 0. The Balaban J connectivity index is 1.39. The highest BCUT2D eigenvalue weighted by Crippen LogP contribution is 2.34. The molecule has 1 saturated heterocycles. The van der Waals surface area contributed by atoms with Gasteiger partial charge in [0.2, 0.25) is 0 Å². The smallest absolute Gasteiger partial charge is 0.293 e. The van der Waals surface area contributed by atoms with Gasteiger partial charge in [-0.2, -0.15) is 0 Å². The number of para-hydroxylation sites is 1. The van der Waals surface area contributed by atoms with Gasteiger partial charge < -0.3 is 10.1 Å². The number of imide groups is 1. The first-order chi connectivity index (χ1) is 16.4. The van der Waals surface area contributed by atoms with E-state index in [-0.39, 0.29) is 30.2 Å². The number of carbonyl (C=O) groups excluding carboxylic acids is 3. The van der Waals surface area contributed by atoms with Crippen LogP contribution in [0.4, 0.5) is 10.5 Å². The second kappa shape index (κ2) is 10.9. The van der Waals surface area contributed by atoms with Crippen molar-refractivity contribution < 1.29 is 19.1 Å². The van der Waals surface area contributed by atoms with Crippen molar-refractivity contribution in [1.82, 2.24) is 4.90 Å². The number of benzene rings is 3. The van der Waals surface area contributed by atoms with Crippen molar-refractivity contribution in [3.05, 3.63) is 98.3 Å². The molecule has 0 spiro atoms. The molecule has 0 atom stereocenters. The lowest BCUT2D eigenvalue weighted by Crippen LogP contribution is -2.27. The molecule has 1 aliphatic rings. The van der Waals surface area contributed by atoms with Gasteiger partial charge in [-0.3, -0.25) is 19.3 Å². The summed E-state index contributed by atoms with van der Waals surface area (Å²) in [6.45, 7) is -0.00262. The van der Waals surface area contributed by atoms with Crippen LogP contribution in [0.5, 0.6) is 5.75 Å². The van der Waals surface area contributed by atoms with E-state index in [4.69, 9.17) is 16.3 Å². The van der Waals surface area contributed by atoms with Crippen molar-refractivity contribution in [3.8, 4) is 5.75 Å². The molecule has 1 heterocycles. The van der Waals surface area contributed by atoms with Gasteiger partial charge >= 0.3 is 0 Å². The standard InChI is InChI=1S/C25H18BrClN2O4S/c26-18-10-8-16(9-11-18)14-29-24(31)22(34-25(29)32)13-17-4-3-5-19(12-17)33-15-23(30)28-21-7-2-1-6-20(21)27/h1-13H,14-15H2,(H,28,30)/b22-13-. The molecule has 0 bridgehead atoms. The minimum atomic E-state index is -0.354. The SMILES string of the molecule is O=C(COc1cccc(/C=C2\SC(=O)N(Cc3ccc(Br)cc3)C2=O)c1)Nc1ccccc1Cl. The summed E-state index contributed by atoms with van der Waals surface area (Å²) in [5, 5.41) is 2.81. The highest BCUT2D eigenvalue weighted by molar-refractivity contribution is 9.10. The van der Waals surface area contributed by atoms with Crippen LogP contribution in [0, 0.1) is 0 Å². The van der Waals surface area contributed by atoms with Gasteiger partial charge in [0.1, 0.15) is 5.75 Å². The molecule has 0 radical (unpaired) electrons. The summed E-state index contributed by atoms with van der Waals surface area (Å²) in [5.74, 6) is -0.243. The molecule has 172 valence electrons. The average Bonchev–Trinajstić information content (AvgIpc) is 3.08. The Morgan fingerprint density at radius 1 is 1.06 bits per heavy atom. The van der Waals surface area contributed by atoms with Crippen LogP contribution in [0.15, 0.2) is 82.2 Å². The van der Waals surface area contributed by atoms with Crippen molar-refractivity contribution >= 4 is 68.1 Å². The average molecular weight is 558 g/mol. The number of halogens is 2. The lowest BCUT2D eigenvalue weighted by atomic mass is 10.2. The molecule has 0 aromatic heterocycles. The molecule has 1 N–H and O–H groups in total. The molecule has 3 amide bonds. The largest absolute Gasteiger partial charge is 0.484 e. The maximum absolute atomic E-state index is 12.8. The van der Waals surface area contributed by atoms with Crippen LogP contribution < -0.4 is 10.1 Å². The number of hydrogen-bond donors (Lipinski definition) is 1. The third-order valence-electron chi connectivity index (χ3n) is 4.80. The minimum absolute atomic E-state index is 0.207. The summed E-state index contributed by atoms with van der Waals surface area (Å²) in [5.41, 5.74) is 2.04. The predicted octanol–water partition coefficient (Wildman–Crippen LogP) is 6.36. The molecule has 0 unspecified atom stereocenters. The molecule has 3 aromatic carbocycles. The van der Waals surface area contributed by atoms with Crippen molar-refractivity contribution in [2.75, 3.05) is 11.9 Å². The fourth-order valence-corrected chi connectivity index (χ4v) is 4.44. The van der Waals surface area contributed by atoms with E-state index in [0.717, 1.165) is 21.8 Å². The predicted molar refractivity (Wildman–Crippen MR) is 138 cm³/mol. The van der Waals surface area contributed by atoms with E-state index in [9.17, 15) is 14.4 Å². The number of nitrogens with one attached hydrogen (secondary N) is 1. The zero-order chi connectivity index (χ0) is 24.1. The van der Waals surface area contributed by atoms with Crippen LogP contribution in [0.2, 0.25) is 5.02 Å². The van der Waals surface area contributed by atoms with E-state index in [2.05, 4.69) is 21.2 Å². The third kappa shape index (κ3) is 6.08. The van der Waals surface area contributed by atoms with Crippen LogP contribution in [-0.4, -0.2) is 28.6 Å². The second-order valence-corrected chi connectivity index (χ2v) is 9.60. The number of carbonyl (C=O) groups is 3. The van der Waals surface area contributed by atoms with E-state index in [1.807, 2.05) is 24.3 Å². The highest BCUT2D eigenvalue weighted by Gasteiger charge is 2.34. The Hall–Kier alpha value is -3.07. The van der Waals surface area contributed by atoms with Crippen molar-refractivity contribution in [1.29, 1.82) is 0 Å². The van der Waals surface area contributed by atoms with Gasteiger partial charge in [0.05, 0.1) is 22.2 Å². The molecular formula is C25H18BrClN2O4S. The minimum Gasteiger partial charge on any atom is -0.484 e. The Bertz CT molecular complexity index is 1280. The summed E-state index contributed by atoms with van der Waals surface area (Å²) in [4.78, 5) is 39.0. The normalized spacial score (nSPS) is 14.5. The van der Waals surface area contributed by atoms with Crippen LogP contribution in [-0.2, 0) is 16.1 Å². The first-order valence-corrected chi connectivity index (χ1v) is 12.1. The Labute approximate surface area is 214 Å². The van der Waals surface area contributed by atoms with E-state index < -0.39 is 0 Å². The second-order valence-electron chi connectivity index (χ2n) is 7.28. The van der Waals surface area contributed by atoms with Crippen molar-refractivity contribution in [3.63, 3.8) is 0 Å². The maximum Gasteiger partial charge on any atom is 0.293 e. The van der Waals surface area contributed by atoms with Crippen LogP contribution in [0.3, 0.4) is 0 Å². The Morgan fingerprint density at radius 2 is 1.82 bits per heavy atom. The van der Waals surface area contributed by atoms with Gasteiger partial charge in [-0.15, -0.1) is 0 Å². The number of anilines is 1. The molecule has 9 heteroatoms. The van der Waals surface area contributed by atoms with Gasteiger partial charge in [0.15, 0.2) is 6.61 Å². The van der Waals surface area contributed by atoms with E-state index >= 15 is 0 Å². The molecule has 3 aromatic rings. The Kier molecular flexibility index (Phi) is 7.72. The van der Waals surface area contributed by atoms with Gasteiger partial charge in [-0.1, -0.05) is 63.9 Å². The van der Waals surface area contributed by atoms with Crippen molar-refractivity contribution in [2.45, 2.75) is 6.54 Å². The third-order valence-corrected chi connectivity index (χ3v) is 6.57. The number of nitrogens with zero attached hydrogens (tertiary/aromatic N) is 1. The highest BCUT2D eigenvalue weighted by atomic mass is 79.9. The van der Waals surface area contributed by atoms with Crippen LogP contribution in [0.1, 0.15) is 11.1 Å². The van der Waals surface area contributed by atoms with Crippen LogP contribution in [0.25, 0.3) is 6.08 Å². The fraction of sp³-hybridized carbons (Fsp3) is 0.0800. The van der Waals surface area contributed by atoms with Gasteiger partial charge in [0.25, 0.3) is 17.1 Å². The zero-order valence-corrected chi connectivity index (χ0v) is 20.8. The van der Waals surface area contributed by atoms with Gasteiger partial charge in [0, 0.05) is 4.47 Å². The van der Waals surface area contributed by atoms with Gasteiger partial charge in [-0.05, 0) is 65.4 Å². The summed E-state index contributed by atoms with van der Waals surface area (Å²) >= 11 is 10.3. The van der Waals surface area contributed by atoms with Crippen LogP contribution >= 0.6 is 39.3 Å². The molecule has 4 rings (SSSR count). The number of hydrogen-bond acceptors (Lipinski definition) is 5. The first-order valence-electron chi connectivity index (χ1n) is 10.2. The molecule has 34 heavy (non-hydrogen) atoms. The lowest BCUT2D eigenvalue weighted by molar-refractivity contribution is -0.123. The summed E-state index contributed by atoms with van der Waals surface area (Å²) < 4.78 is 6.51. The van der Waals surface area contributed by atoms with Crippen molar-refractivity contribution in [2.24, 2.45) is 0 Å². The summed E-state index contributed by atoms with van der Waals surface area (Å²) in [6.07, 6.45) is 1.64. The number of ether oxygens (including phenoxy) is 1. The molecule has 0 saturated carbocycles. The number of thioether (sulfide) groups is 1.